The average molecular weight is 549 g/mol. The number of amides is 4. The molecule has 4 amide bonds. The van der Waals surface area contributed by atoms with Crippen LogP contribution < -0.4 is 15.0 Å². The van der Waals surface area contributed by atoms with Gasteiger partial charge in [0.2, 0.25) is 0 Å². The van der Waals surface area contributed by atoms with E-state index < -0.39 is 18.1 Å². The Morgan fingerprint density at radius 1 is 0.927 bits per heavy atom. The molecular weight excluding hydrogens is 516 g/mol. The van der Waals surface area contributed by atoms with Crippen LogP contribution in [0.5, 0.6) is 5.75 Å². The molecule has 2 aliphatic heterocycles. The molecule has 8 heteroatoms. The van der Waals surface area contributed by atoms with Crippen LogP contribution in [0.4, 0.5) is 10.5 Å². The van der Waals surface area contributed by atoms with Crippen molar-refractivity contribution in [1.82, 2.24) is 15.2 Å². The number of methoxy groups -OCH3 is 1. The predicted molar refractivity (Wildman–Crippen MR) is 156 cm³/mol. The number of anilines is 1. The van der Waals surface area contributed by atoms with E-state index in [0.717, 1.165) is 53.4 Å². The number of nitrogens with one attached hydrogen (secondary N) is 2. The van der Waals surface area contributed by atoms with Crippen molar-refractivity contribution in [3.63, 3.8) is 0 Å². The van der Waals surface area contributed by atoms with E-state index >= 15 is 0 Å². The lowest BCUT2D eigenvalue weighted by Gasteiger charge is -2.36. The first-order chi connectivity index (χ1) is 20.0. The van der Waals surface area contributed by atoms with Gasteiger partial charge in [-0.1, -0.05) is 61.7 Å². The van der Waals surface area contributed by atoms with E-state index in [-0.39, 0.29) is 17.9 Å². The molecule has 1 aliphatic carbocycles. The van der Waals surface area contributed by atoms with Crippen molar-refractivity contribution in [1.29, 1.82) is 0 Å². The second-order valence-electron chi connectivity index (χ2n) is 11.1. The lowest BCUT2D eigenvalue weighted by atomic mass is 9.89. The van der Waals surface area contributed by atoms with E-state index in [1.54, 1.807) is 36.3 Å². The second-order valence-corrected chi connectivity index (χ2v) is 11.1. The number of benzene rings is 3. The number of imide groups is 1. The molecule has 2 fully saturated rings. The van der Waals surface area contributed by atoms with Crippen molar-refractivity contribution in [3.05, 3.63) is 95.2 Å². The van der Waals surface area contributed by atoms with Gasteiger partial charge in [0.1, 0.15) is 17.8 Å². The van der Waals surface area contributed by atoms with Crippen LogP contribution in [0, 0.1) is 0 Å². The van der Waals surface area contributed by atoms with Crippen molar-refractivity contribution in [2.45, 2.75) is 56.7 Å². The number of urea groups is 1. The third kappa shape index (κ3) is 4.17. The number of nitrogens with zero attached hydrogens (tertiary/aromatic N) is 2. The number of para-hydroxylation sites is 2. The van der Waals surface area contributed by atoms with Gasteiger partial charge in [-0.25, -0.2) is 9.69 Å². The number of hydrogen-bond acceptors (Lipinski definition) is 4. The molecule has 1 saturated heterocycles. The normalized spacial score (nSPS) is 20.7. The highest BCUT2D eigenvalue weighted by atomic mass is 16.5. The molecule has 0 spiro atoms. The maximum absolute atomic E-state index is 14.3. The van der Waals surface area contributed by atoms with Crippen LogP contribution in [-0.2, 0) is 11.2 Å². The van der Waals surface area contributed by atoms with Crippen LogP contribution in [0.15, 0.2) is 72.8 Å². The summed E-state index contributed by atoms with van der Waals surface area (Å²) in [6.45, 7) is 0. The Bertz CT molecular complexity index is 1650. The molecule has 2 N–H and O–H groups in total. The minimum Gasteiger partial charge on any atom is -0.497 e. The van der Waals surface area contributed by atoms with Gasteiger partial charge in [0.05, 0.1) is 18.4 Å². The number of aromatic amines is 1. The summed E-state index contributed by atoms with van der Waals surface area (Å²) in [4.78, 5) is 48.4. The largest absolute Gasteiger partial charge is 0.497 e. The van der Waals surface area contributed by atoms with Gasteiger partial charge in [0, 0.05) is 29.1 Å². The Morgan fingerprint density at radius 2 is 1.66 bits per heavy atom. The molecule has 3 aromatic carbocycles. The molecule has 1 saturated carbocycles. The van der Waals surface area contributed by atoms with Crippen LogP contribution in [-0.4, -0.2) is 46.9 Å². The number of hydrogen-bond donors (Lipinski definition) is 2. The first-order valence-corrected chi connectivity index (χ1v) is 14.3. The maximum atomic E-state index is 14.3. The highest BCUT2D eigenvalue weighted by Crippen LogP contribution is 2.45. The number of rotatable bonds is 5. The Hall–Kier alpha value is -4.59. The zero-order valence-electron chi connectivity index (χ0n) is 22.9. The smallest absolute Gasteiger partial charge is 0.332 e. The van der Waals surface area contributed by atoms with E-state index in [0.29, 0.717) is 23.4 Å². The lowest BCUT2D eigenvalue weighted by Crippen LogP contribution is -2.44. The number of ether oxygens (including phenoxy) is 1. The summed E-state index contributed by atoms with van der Waals surface area (Å²) in [5.74, 6) is 0.143. The standard InChI is InChI=1S/C33H32N4O4/c1-41-22-17-15-20(16-18-22)30-29-25(23-11-5-7-13-26(23)35-29)19-28-32(39)37(33(40)36(28)30)27-14-8-6-12-24(27)31(38)34-21-9-3-2-4-10-21/h5-8,11-18,21,28,30,35H,2-4,9-10,19H2,1H3,(H,34,38)/t28-,30+/m0/s1. The van der Waals surface area contributed by atoms with Gasteiger partial charge >= 0.3 is 6.03 Å². The summed E-state index contributed by atoms with van der Waals surface area (Å²) in [7, 11) is 1.61. The molecule has 208 valence electrons. The lowest BCUT2D eigenvalue weighted by molar-refractivity contribution is -0.120. The van der Waals surface area contributed by atoms with Crippen LogP contribution in [0.2, 0.25) is 0 Å². The van der Waals surface area contributed by atoms with Crippen molar-refractivity contribution in [2.24, 2.45) is 0 Å². The van der Waals surface area contributed by atoms with Crippen molar-refractivity contribution < 1.29 is 19.1 Å². The molecule has 1 aromatic heterocycles. The van der Waals surface area contributed by atoms with Crippen molar-refractivity contribution in [2.75, 3.05) is 12.0 Å². The van der Waals surface area contributed by atoms with Crippen LogP contribution in [0.3, 0.4) is 0 Å². The third-order valence-corrected chi connectivity index (χ3v) is 8.81. The van der Waals surface area contributed by atoms with Crippen molar-refractivity contribution in [3.8, 4) is 5.75 Å². The van der Waals surface area contributed by atoms with Crippen LogP contribution in [0.25, 0.3) is 10.9 Å². The zero-order valence-corrected chi connectivity index (χ0v) is 22.9. The summed E-state index contributed by atoms with van der Waals surface area (Å²) >= 11 is 0. The Morgan fingerprint density at radius 3 is 2.44 bits per heavy atom. The summed E-state index contributed by atoms with van der Waals surface area (Å²) in [6.07, 6.45) is 5.65. The summed E-state index contributed by atoms with van der Waals surface area (Å²) in [5.41, 5.74) is 4.44. The van der Waals surface area contributed by atoms with Gasteiger partial charge in [-0.05, 0) is 54.3 Å². The molecule has 41 heavy (non-hydrogen) atoms. The molecular formula is C33H32N4O4. The number of aromatic nitrogens is 1. The van der Waals surface area contributed by atoms with Crippen LogP contribution in [0.1, 0.15) is 65.3 Å². The van der Waals surface area contributed by atoms with E-state index in [4.69, 9.17) is 4.74 Å². The second kappa shape index (κ2) is 10.1. The molecule has 7 rings (SSSR count). The number of fused-ring (bicyclic) bond motifs is 4. The minimum atomic E-state index is -0.698. The number of carbonyl (C=O) groups is 3. The zero-order chi connectivity index (χ0) is 28.1. The topological polar surface area (TPSA) is 94.7 Å². The van der Waals surface area contributed by atoms with Gasteiger partial charge in [-0.15, -0.1) is 0 Å². The Labute approximate surface area is 238 Å². The van der Waals surface area contributed by atoms with Gasteiger partial charge < -0.3 is 15.0 Å². The monoisotopic (exact) mass is 548 g/mol. The summed E-state index contributed by atoms with van der Waals surface area (Å²) in [5, 5.41) is 4.20. The van der Waals surface area contributed by atoms with Gasteiger partial charge in [0.25, 0.3) is 11.8 Å². The van der Waals surface area contributed by atoms with Crippen molar-refractivity contribution >= 4 is 34.4 Å². The number of carbonyl (C=O) groups excluding carboxylic acids is 3. The van der Waals surface area contributed by atoms with Gasteiger partial charge in [-0.2, -0.15) is 0 Å². The molecule has 0 bridgehead atoms. The maximum Gasteiger partial charge on any atom is 0.332 e. The first-order valence-electron chi connectivity index (χ1n) is 14.3. The highest BCUT2D eigenvalue weighted by Gasteiger charge is 2.53. The SMILES string of the molecule is COc1ccc([C@@H]2c3[nH]c4ccccc4c3C[C@H]3C(=O)N(c4ccccc4C(=O)NC4CCCCC4)C(=O)N23)cc1. The van der Waals surface area contributed by atoms with Crippen LogP contribution >= 0.6 is 0 Å². The average Bonchev–Trinajstić information content (AvgIpc) is 3.50. The first kappa shape index (κ1) is 25.4. The highest BCUT2D eigenvalue weighted by molar-refractivity contribution is 6.24. The molecule has 0 unspecified atom stereocenters. The van der Waals surface area contributed by atoms with E-state index in [9.17, 15) is 14.4 Å². The summed E-state index contributed by atoms with van der Waals surface area (Å²) < 4.78 is 5.38. The fourth-order valence-electron chi connectivity index (χ4n) is 6.80. The van der Waals surface area contributed by atoms with E-state index in [1.807, 2.05) is 42.5 Å². The fourth-order valence-corrected chi connectivity index (χ4v) is 6.80. The van der Waals surface area contributed by atoms with E-state index in [2.05, 4.69) is 16.4 Å². The number of H-pyrrole nitrogens is 1. The predicted octanol–water partition coefficient (Wildman–Crippen LogP) is 5.72. The Balaban J connectivity index is 1.30. The molecule has 3 heterocycles. The van der Waals surface area contributed by atoms with E-state index in [1.165, 1.54) is 11.3 Å². The van der Waals surface area contributed by atoms with Gasteiger partial charge in [0.15, 0.2) is 0 Å². The minimum absolute atomic E-state index is 0.110. The van der Waals surface area contributed by atoms with Gasteiger partial charge in [-0.3, -0.25) is 14.5 Å². The molecule has 4 aromatic rings. The fraction of sp³-hybridized carbons (Fsp3) is 0.303. The summed E-state index contributed by atoms with van der Waals surface area (Å²) in [6, 6.07) is 21.0. The molecule has 2 atom stereocenters. The quantitative estimate of drug-likeness (QED) is 0.312. The third-order valence-electron chi connectivity index (χ3n) is 8.81. The molecule has 3 aliphatic rings. The Kier molecular flexibility index (Phi) is 6.26. The molecule has 8 nitrogen and oxygen atoms in total. The molecule has 0 radical (unpaired) electrons.